The molecule has 18 heavy (non-hydrogen) atoms. The van der Waals surface area contributed by atoms with E-state index in [0.717, 1.165) is 15.9 Å². The van der Waals surface area contributed by atoms with Crippen molar-refractivity contribution in [2.75, 3.05) is 5.32 Å². The van der Waals surface area contributed by atoms with E-state index in [1.165, 1.54) is 0 Å². The first-order valence-electron chi connectivity index (χ1n) is 5.58. The lowest BCUT2D eigenvalue weighted by molar-refractivity contribution is 0.880. The Morgan fingerprint density at radius 3 is 2.89 bits per heavy atom. The van der Waals surface area contributed by atoms with Crippen molar-refractivity contribution in [2.45, 2.75) is 13.0 Å². The molecule has 4 heteroatoms. The van der Waals surface area contributed by atoms with Crippen LogP contribution in [0.2, 0.25) is 0 Å². The van der Waals surface area contributed by atoms with Crippen LogP contribution in [0, 0.1) is 11.3 Å². The van der Waals surface area contributed by atoms with Crippen LogP contribution in [-0.2, 0) is 0 Å². The summed E-state index contributed by atoms with van der Waals surface area (Å²) in [6.45, 7) is 2.05. The Morgan fingerprint density at radius 2 is 2.17 bits per heavy atom. The van der Waals surface area contributed by atoms with Gasteiger partial charge in [-0.05, 0) is 52.7 Å². The highest BCUT2D eigenvalue weighted by molar-refractivity contribution is 9.10. The van der Waals surface area contributed by atoms with E-state index in [0.29, 0.717) is 5.56 Å². The SMILES string of the molecule is CC(Nc1cccnc1Br)c1cccc(C#N)c1. The van der Waals surface area contributed by atoms with E-state index in [9.17, 15) is 0 Å². The summed E-state index contributed by atoms with van der Waals surface area (Å²) in [4.78, 5) is 4.16. The summed E-state index contributed by atoms with van der Waals surface area (Å²) in [5.41, 5.74) is 2.68. The Labute approximate surface area is 115 Å². The van der Waals surface area contributed by atoms with Crippen LogP contribution >= 0.6 is 15.9 Å². The summed E-state index contributed by atoms with van der Waals surface area (Å²) in [5, 5.41) is 12.2. The second kappa shape index (κ2) is 5.65. The van der Waals surface area contributed by atoms with Gasteiger partial charge in [0.15, 0.2) is 0 Å². The first-order chi connectivity index (χ1) is 8.70. The zero-order valence-electron chi connectivity index (χ0n) is 9.89. The minimum absolute atomic E-state index is 0.110. The molecule has 0 amide bonds. The maximum Gasteiger partial charge on any atom is 0.129 e. The average Bonchev–Trinajstić information content (AvgIpc) is 2.41. The number of hydrogen-bond acceptors (Lipinski definition) is 3. The lowest BCUT2D eigenvalue weighted by Gasteiger charge is -2.16. The Balaban J connectivity index is 2.20. The third-order valence-corrected chi connectivity index (χ3v) is 3.28. The molecule has 1 heterocycles. The lowest BCUT2D eigenvalue weighted by Crippen LogP contribution is -2.07. The molecule has 0 aliphatic rings. The van der Waals surface area contributed by atoms with Gasteiger partial charge in [-0.2, -0.15) is 5.26 Å². The van der Waals surface area contributed by atoms with Gasteiger partial charge in [0.05, 0.1) is 17.3 Å². The smallest absolute Gasteiger partial charge is 0.129 e. The molecule has 1 aromatic carbocycles. The number of anilines is 1. The number of nitrogens with zero attached hydrogens (tertiary/aromatic N) is 2. The van der Waals surface area contributed by atoms with Crippen LogP contribution in [0.3, 0.4) is 0 Å². The van der Waals surface area contributed by atoms with Crippen molar-refractivity contribution in [3.63, 3.8) is 0 Å². The van der Waals surface area contributed by atoms with Gasteiger partial charge in [-0.1, -0.05) is 12.1 Å². The normalized spacial score (nSPS) is 11.6. The number of aromatic nitrogens is 1. The largest absolute Gasteiger partial charge is 0.376 e. The fourth-order valence-corrected chi connectivity index (χ4v) is 2.05. The van der Waals surface area contributed by atoms with Crippen LogP contribution in [0.5, 0.6) is 0 Å². The van der Waals surface area contributed by atoms with E-state index < -0.39 is 0 Å². The molecule has 0 saturated heterocycles. The quantitative estimate of drug-likeness (QED) is 0.875. The Bertz CT molecular complexity index is 590. The van der Waals surface area contributed by atoms with E-state index in [2.05, 4.69) is 39.2 Å². The van der Waals surface area contributed by atoms with Gasteiger partial charge in [-0.15, -0.1) is 0 Å². The summed E-state index contributed by atoms with van der Waals surface area (Å²) >= 11 is 3.40. The van der Waals surface area contributed by atoms with Gasteiger partial charge in [0.1, 0.15) is 4.60 Å². The van der Waals surface area contributed by atoms with E-state index >= 15 is 0 Å². The summed E-state index contributed by atoms with van der Waals surface area (Å²) in [6.07, 6.45) is 1.73. The van der Waals surface area contributed by atoms with Crippen molar-refractivity contribution < 1.29 is 0 Å². The molecule has 0 aliphatic carbocycles. The zero-order chi connectivity index (χ0) is 13.0. The minimum Gasteiger partial charge on any atom is -0.376 e. The molecule has 2 aromatic rings. The third-order valence-electron chi connectivity index (χ3n) is 2.65. The fraction of sp³-hybridized carbons (Fsp3) is 0.143. The number of nitriles is 1. The van der Waals surface area contributed by atoms with Crippen LogP contribution < -0.4 is 5.32 Å². The van der Waals surface area contributed by atoms with Crippen molar-refractivity contribution in [1.82, 2.24) is 4.98 Å². The van der Waals surface area contributed by atoms with E-state index in [-0.39, 0.29) is 6.04 Å². The number of rotatable bonds is 3. The van der Waals surface area contributed by atoms with Crippen LogP contribution in [0.4, 0.5) is 5.69 Å². The van der Waals surface area contributed by atoms with Crippen molar-refractivity contribution in [3.8, 4) is 6.07 Å². The van der Waals surface area contributed by atoms with E-state index in [1.54, 1.807) is 12.3 Å². The van der Waals surface area contributed by atoms with Crippen LogP contribution in [0.1, 0.15) is 24.1 Å². The van der Waals surface area contributed by atoms with Crippen LogP contribution in [0.15, 0.2) is 47.2 Å². The molecule has 1 aromatic heterocycles. The molecule has 1 atom stereocenters. The highest BCUT2D eigenvalue weighted by Gasteiger charge is 2.08. The van der Waals surface area contributed by atoms with Crippen molar-refractivity contribution in [3.05, 3.63) is 58.3 Å². The monoisotopic (exact) mass is 301 g/mol. The van der Waals surface area contributed by atoms with Crippen molar-refractivity contribution in [2.24, 2.45) is 0 Å². The molecular formula is C14H12BrN3. The van der Waals surface area contributed by atoms with E-state index in [4.69, 9.17) is 5.26 Å². The predicted molar refractivity (Wildman–Crippen MR) is 75.1 cm³/mol. The molecule has 0 bridgehead atoms. The van der Waals surface area contributed by atoms with E-state index in [1.807, 2.05) is 30.3 Å². The summed E-state index contributed by atoms with van der Waals surface area (Å²) in [5.74, 6) is 0. The topological polar surface area (TPSA) is 48.7 Å². The molecule has 3 nitrogen and oxygen atoms in total. The molecule has 1 unspecified atom stereocenters. The number of pyridine rings is 1. The zero-order valence-corrected chi connectivity index (χ0v) is 11.5. The Hall–Kier alpha value is -1.86. The number of benzene rings is 1. The molecule has 90 valence electrons. The van der Waals surface area contributed by atoms with Gasteiger partial charge in [-0.3, -0.25) is 0 Å². The van der Waals surface area contributed by atoms with Crippen LogP contribution in [0.25, 0.3) is 0 Å². The highest BCUT2D eigenvalue weighted by atomic mass is 79.9. The van der Waals surface area contributed by atoms with Crippen LogP contribution in [-0.4, -0.2) is 4.98 Å². The number of halogens is 1. The maximum atomic E-state index is 8.89. The standard InChI is InChI=1S/C14H12BrN3/c1-10(12-5-2-4-11(8-12)9-16)18-13-6-3-7-17-14(13)15/h2-8,10,18H,1H3. The van der Waals surface area contributed by atoms with Crippen molar-refractivity contribution in [1.29, 1.82) is 5.26 Å². The van der Waals surface area contributed by atoms with Crippen molar-refractivity contribution >= 4 is 21.6 Å². The molecular weight excluding hydrogens is 290 g/mol. The highest BCUT2D eigenvalue weighted by Crippen LogP contribution is 2.24. The predicted octanol–water partition coefficient (Wildman–Crippen LogP) is 3.89. The number of nitrogens with one attached hydrogen (secondary N) is 1. The molecule has 0 saturated carbocycles. The lowest BCUT2D eigenvalue weighted by atomic mass is 10.1. The van der Waals surface area contributed by atoms with Gasteiger partial charge in [0.25, 0.3) is 0 Å². The van der Waals surface area contributed by atoms with Gasteiger partial charge in [-0.25, -0.2) is 4.98 Å². The van der Waals surface area contributed by atoms with Gasteiger partial charge >= 0.3 is 0 Å². The Kier molecular flexibility index (Phi) is 3.96. The first-order valence-corrected chi connectivity index (χ1v) is 6.37. The third kappa shape index (κ3) is 2.88. The van der Waals surface area contributed by atoms with Gasteiger partial charge in [0.2, 0.25) is 0 Å². The molecule has 2 rings (SSSR count). The molecule has 0 spiro atoms. The summed E-state index contributed by atoms with van der Waals surface area (Å²) in [6, 6.07) is 13.7. The molecule has 1 N–H and O–H groups in total. The minimum atomic E-state index is 0.110. The average molecular weight is 302 g/mol. The summed E-state index contributed by atoms with van der Waals surface area (Å²) in [7, 11) is 0. The second-order valence-electron chi connectivity index (χ2n) is 3.95. The summed E-state index contributed by atoms with van der Waals surface area (Å²) < 4.78 is 0.785. The number of hydrogen-bond donors (Lipinski definition) is 1. The molecule has 0 aliphatic heterocycles. The van der Waals surface area contributed by atoms with Gasteiger partial charge in [0, 0.05) is 12.2 Å². The maximum absolute atomic E-state index is 8.89. The first kappa shape index (κ1) is 12.6. The fourth-order valence-electron chi connectivity index (χ4n) is 1.69. The van der Waals surface area contributed by atoms with Gasteiger partial charge < -0.3 is 5.32 Å². The molecule has 0 radical (unpaired) electrons. The molecule has 0 fully saturated rings. The second-order valence-corrected chi connectivity index (χ2v) is 4.70. The Morgan fingerprint density at radius 1 is 1.33 bits per heavy atom.